The maximum atomic E-state index is 12.8. The predicted molar refractivity (Wildman–Crippen MR) is 114 cm³/mol. The number of likely N-dealkylation sites (tertiary alicyclic amines) is 1. The number of aromatic nitrogens is 2. The Balaban J connectivity index is 1.58. The summed E-state index contributed by atoms with van der Waals surface area (Å²) in [7, 11) is 1.59. The highest BCUT2D eigenvalue weighted by Crippen LogP contribution is 2.22. The van der Waals surface area contributed by atoms with Crippen LogP contribution in [0.3, 0.4) is 0 Å². The van der Waals surface area contributed by atoms with Crippen molar-refractivity contribution in [2.24, 2.45) is 0 Å². The third-order valence-corrected chi connectivity index (χ3v) is 5.52. The lowest BCUT2D eigenvalue weighted by atomic mass is 10.2. The molecule has 7 heteroatoms. The first-order chi connectivity index (χ1) is 14.6. The number of methoxy groups -OCH3 is 1. The molecule has 0 aliphatic carbocycles. The number of imidazole rings is 1. The van der Waals surface area contributed by atoms with Gasteiger partial charge in [-0.25, -0.2) is 4.98 Å². The molecule has 2 aromatic carbocycles. The van der Waals surface area contributed by atoms with E-state index in [1.807, 2.05) is 40.7 Å². The third kappa shape index (κ3) is 4.01. The number of hydrogen-bond acceptors (Lipinski definition) is 4. The summed E-state index contributed by atoms with van der Waals surface area (Å²) in [6.07, 6.45) is 2.11. The minimum absolute atomic E-state index is 0.0885. The van der Waals surface area contributed by atoms with Crippen molar-refractivity contribution in [3.8, 4) is 5.75 Å². The maximum Gasteiger partial charge on any atom is 0.251 e. The Morgan fingerprint density at radius 1 is 1.10 bits per heavy atom. The lowest BCUT2D eigenvalue weighted by Crippen LogP contribution is -2.33. The first-order valence-electron chi connectivity index (χ1n) is 10.2. The topological polar surface area (TPSA) is 76.5 Å². The van der Waals surface area contributed by atoms with Crippen LogP contribution in [0.5, 0.6) is 5.75 Å². The summed E-state index contributed by atoms with van der Waals surface area (Å²) in [5.41, 5.74) is 2.25. The predicted octanol–water partition coefficient (Wildman–Crippen LogP) is 3.16. The van der Waals surface area contributed by atoms with Gasteiger partial charge in [0.15, 0.2) is 0 Å². The highest BCUT2D eigenvalue weighted by atomic mass is 16.5. The molecular formula is C23H26N4O3. The Morgan fingerprint density at radius 2 is 1.80 bits per heavy atom. The standard InChI is InChI=1S/C23H26N4O3/c1-16(24-23(29)17-9-11-18(30-2)12-10-17)22-25-19-7-3-4-8-20(19)27(22)15-21(28)26-13-5-6-14-26/h3-4,7-12,16H,5-6,13-15H2,1-2H3,(H,24,29). The quantitative estimate of drug-likeness (QED) is 0.682. The van der Waals surface area contributed by atoms with E-state index in [-0.39, 0.29) is 24.4 Å². The SMILES string of the molecule is COc1ccc(C(=O)NC(C)c2nc3ccccc3n2CC(=O)N2CCCC2)cc1. The van der Waals surface area contributed by atoms with Gasteiger partial charge in [-0.05, 0) is 56.2 Å². The van der Waals surface area contributed by atoms with Crippen LogP contribution in [0.1, 0.15) is 42.0 Å². The Labute approximate surface area is 175 Å². The fourth-order valence-corrected chi connectivity index (χ4v) is 3.88. The molecule has 156 valence electrons. The van der Waals surface area contributed by atoms with Gasteiger partial charge in [0.25, 0.3) is 5.91 Å². The number of nitrogens with zero attached hydrogens (tertiary/aromatic N) is 3. The number of benzene rings is 2. The maximum absolute atomic E-state index is 12.8. The molecule has 0 radical (unpaired) electrons. The van der Waals surface area contributed by atoms with E-state index in [2.05, 4.69) is 5.32 Å². The van der Waals surface area contributed by atoms with Crippen LogP contribution in [-0.4, -0.2) is 46.5 Å². The second-order valence-electron chi connectivity index (χ2n) is 7.56. The van der Waals surface area contributed by atoms with E-state index in [1.165, 1.54) is 0 Å². The molecule has 1 unspecified atom stereocenters. The van der Waals surface area contributed by atoms with Crippen molar-refractivity contribution in [3.63, 3.8) is 0 Å². The number of carbonyl (C=O) groups excluding carboxylic acids is 2. The Kier molecular flexibility index (Phi) is 5.70. The van der Waals surface area contributed by atoms with Crippen LogP contribution in [0.25, 0.3) is 11.0 Å². The molecule has 1 aromatic heterocycles. The van der Waals surface area contributed by atoms with Gasteiger partial charge in [-0.1, -0.05) is 12.1 Å². The lowest BCUT2D eigenvalue weighted by Gasteiger charge is -2.19. The molecule has 30 heavy (non-hydrogen) atoms. The molecule has 1 atom stereocenters. The highest BCUT2D eigenvalue weighted by molar-refractivity contribution is 5.94. The average Bonchev–Trinajstić information content (AvgIpc) is 3.42. The average molecular weight is 406 g/mol. The molecule has 1 fully saturated rings. The zero-order chi connectivity index (χ0) is 21.1. The zero-order valence-electron chi connectivity index (χ0n) is 17.3. The van der Waals surface area contributed by atoms with Crippen LogP contribution >= 0.6 is 0 Å². The molecule has 0 bridgehead atoms. The van der Waals surface area contributed by atoms with E-state index in [0.29, 0.717) is 17.1 Å². The van der Waals surface area contributed by atoms with Gasteiger partial charge in [0, 0.05) is 18.7 Å². The Morgan fingerprint density at radius 3 is 2.50 bits per heavy atom. The molecule has 1 aliphatic heterocycles. The molecule has 4 rings (SSSR count). The summed E-state index contributed by atoms with van der Waals surface area (Å²) in [6, 6.07) is 14.3. The van der Waals surface area contributed by atoms with Gasteiger partial charge in [-0.3, -0.25) is 9.59 Å². The first kappa shape index (κ1) is 19.9. The molecule has 1 aliphatic rings. The van der Waals surface area contributed by atoms with E-state index in [1.54, 1.807) is 31.4 Å². The summed E-state index contributed by atoms with van der Waals surface area (Å²) in [4.78, 5) is 32.2. The van der Waals surface area contributed by atoms with E-state index >= 15 is 0 Å². The van der Waals surface area contributed by atoms with Crippen LogP contribution in [0.15, 0.2) is 48.5 Å². The summed E-state index contributed by atoms with van der Waals surface area (Å²) in [5, 5.41) is 3.01. The van der Waals surface area contributed by atoms with Crippen molar-refractivity contribution >= 4 is 22.8 Å². The second-order valence-corrected chi connectivity index (χ2v) is 7.56. The molecule has 2 heterocycles. The molecule has 1 saturated heterocycles. The van der Waals surface area contributed by atoms with Crippen molar-refractivity contribution in [1.29, 1.82) is 0 Å². The van der Waals surface area contributed by atoms with Crippen molar-refractivity contribution in [2.45, 2.75) is 32.4 Å². The van der Waals surface area contributed by atoms with Gasteiger partial charge in [0.2, 0.25) is 5.91 Å². The van der Waals surface area contributed by atoms with Crippen LogP contribution in [0.4, 0.5) is 0 Å². The number of fused-ring (bicyclic) bond motifs is 1. The molecule has 3 aromatic rings. The molecule has 1 N–H and O–H groups in total. The van der Waals surface area contributed by atoms with E-state index < -0.39 is 0 Å². The van der Waals surface area contributed by atoms with Gasteiger partial charge >= 0.3 is 0 Å². The van der Waals surface area contributed by atoms with Gasteiger partial charge in [-0.15, -0.1) is 0 Å². The largest absolute Gasteiger partial charge is 0.497 e. The van der Waals surface area contributed by atoms with Crippen molar-refractivity contribution in [3.05, 3.63) is 59.9 Å². The molecule has 7 nitrogen and oxygen atoms in total. The van der Waals surface area contributed by atoms with Crippen LogP contribution < -0.4 is 10.1 Å². The fourth-order valence-electron chi connectivity index (χ4n) is 3.88. The van der Waals surface area contributed by atoms with E-state index in [4.69, 9.17) is 9.72 Å². The fraction of sp³-hybridized carbons (Fsp3) is 0.348. The molecule has 0 saturated carbocycles. The number of nitrogens with one attached hydrogen (secondary N) is 1. The van der Waals surface area contributed by atoms with Gasteiger partial charge in [-0.2, -0.15) is 0 Å². The van der Waals surface area contributed by atoms with Crippen LogP contribution in [0.2, 0.25) is 0 Å². The minimum atomic E-state index is -0.363. The number of carbonyl (C=O) groups is 2. The number of hydrogen-bond donors (Lipinski definition) is 1. The van der Waals surface area contributed by atoms with Gasteiger partial charge in [0.05, 0.1) is 24.2 Å². The number of ether oxygens (including phenoxy) is 1. The molecular weight excluding hydrogens is 380 g/mol. The van der Waals surface area contributed by atoms with Gasteiger partial charge < -0.3 is 19.5 Å². The zero-order valence-corrected chi connectivity index (χ0v) is 17.3. The molecule has 0 spiro atoms. The third-order valence-electron chi connectivity index (χ3n) is 5.52. The summed E-state index contributed by atoms with van der Waals surface area (Å²) in [6.45, 7) is 3.73. The highest BCUT2D eigenvalue weighted by Gasteiger charge is 2.23. The number of para-hydroxylation sites is 2. The Bertz CT molecular complexity index is 1050. The Hall–Kier alpha value is -3.35. The monoisotopic (exact) mass is 406 g/mol. The van der Waals surface area contributed by atoms with Crippen LogP contribution in [0, 0.1) is 0 Å². The smallest absolute Gasteiger partial charge is 0.251 e. The van der Waals surface area contributed by atoms with Gasteiger partial charge in [0.1, 0.15) is 18.1 Å². The number of rotatable bonds is 6. The van der Waals surface area contributed by atoms with Crippen molar-refractivity contribution < 1.29 is 14.3 Å². The van der Waals surface area contributed by atoms with E-state index in [0.717, 1.165) is 37.0 Å². The second kappa shape index (κ2) is 8.57. The van der Waals surface area contributed by atoms with Crippen LogP contribution in [-0.2, 0) is 11.3 Å². The first-order valence-corrected chi connectivity index (χ1v) is 10.2. The summed E-state index contributed by atoms with van der Waals surface area (Å²) >= 11 is 0. The van der Waals surface area contributed by atoms with E-state index in [9.17, 15) is 9.59 Å². The summed E-state index contributed by atoms with van der Waals surface area (Å²) < 4.78 is 7.07. The van der Waals surface area contributed by atoms with Crippen molar-refractivity contribution in [2.75, 3.05) is 20.2 Å². The number of amides is 2. The molecule has 2 amide bonds. The minimum Gasteiger partial charge on any atom is -0.497 e. The lowest BCUT2D eigenvalue weighted by molar-refractivity contribution is -0.130. The normalized spacial score (nSPS) is 14.7. The van der Waals surface area contributed by atoms with Crippen molar-refractivity contribution in [1.82, 2.24) is 19.8 Å². The summed E-state index contributed by atoms with van der Waals surface area (Å²) in [5.74, 6) is 1.26.